The van der Waals surface area contributed by atoms with Crippen LogP contribution in [0.5, 0.6) is 0 Å². The molecular formula is C15H20N2O3S. The Labute approximate surface area is 128 Å². The van der Waals surface area contributed by atoms with Gasteiger partial charge in [0.2, 0.25) is 5.91 Å². The Morgan fingerprint density at radius 2 is 2.24 bits per heavy atom. The second kappa shape index (κ2) is 7.47. The summed E-state index contributed by atoms with van der Waals surface area (Å²) in [4.78, 5) is 26.6. The van der Waals surface area contributed by atoms with Gasteiger partial charge in [0.25, 0.3) is 5.91 Å². The van der Waals surface area contributed by atoms with E-state index in [0.29, 0.717) is 30.1 Å². The van der Waals surface area contributed by atoms with E-state index < -0.39 is 0 Å². The lowest BCUT2D eigenvalue weighted by molar-refractivity contribution is -0.113. The number of carbonyl (C=O) groups excluding carboxylic acids is 2. The average Bonchev–Trinajstić information content (AvgIpc) is 2.50. The zero-order valence-electron chi connectivity index (χ0n) is 12.1. The van der Waals surface area contributed by atoms with Gasteiger partial charge in [-0.3, -0.25) is 9.59 Å². The highest BCUT2D eigenvalue weighted by Crippen LogP contribution is 2.32. The van der Waals surface area contributed by atoms with Crippen LogP contribution in [0.25, 0.3) is 0 Å². The van der Waals surface area contributed by atoms with Gasteiger partial charge >= 0.3 is 0 Å². The highest BCUT2D eigenvalue weighted by molar-refractivity contribution is 8.00. The first-order valence-electron chi connectivity index (χ1n) is 7.12. The highest BCUT2D eigenvalue weighted by Gasteiger charge is 2.20. The van der Waals surface area contributed by atoms with Crippen LogP contribution in [0.2, 0.25) is 0 Å². The summed E-state index contributed by atoms with van der Waals surface area (Å²) in [5.74, 6) is 0.258. The van der Waals surface area contributed by atoms with Gasteiger partial charge in [-0.1, -0.05) is 13.3 Å². The van der Waals surface area contributed by atoms with E-state index in [0.717, 1.165) is 17.7 Å². The highest BCUT2D eigenvalue weighted by atomic mass is 32.2. The van der Waals surface area contributed by atoms with Gasteiger partial charge in [0.15, 0.2) is 0 Å². The van der Waals surface area contributed by atoms with Crippen molar-refractivity contribution in [3.05, 3.63) is 23.8 Å². The Hall–Kier alpha value is -1.53. The van der Waals surface area contributed by atoms with Gasteiger partial charge in [-0.2, -0.15) is 0 Å². The van der Waals surface area contributed by atoms with Crippen molar-refractivity contribution in [3.63, 3.8) is 0 Å². The number of unbranched alkanes of at least 4 members (excludes halogenated alkanes) is 1. The monoisotopic (exact) mass is 308 g/mol. The first-order chi connectivity index (χ1) is 10.2. The van der Waals surface area contributed by atoms with Crippen LogP contribution in [0.1, 0.15) is 30.1 Å². The molecule has 0 atom stereocenters. The van der Waals surface area contributed by atoms with E-state index in [1.54, 1.807) is 17.0 Å². The third kappa shape index (κ3) is 3.98. The number of benzene rings is 1. The first-order valence-corrected chi connectivity index (χ1v) is 8.11. The van der Waals surface area contributed by atoms with Crippen molar-refractivity contribution >= 4 is 29.3 Å². The number of aliphatic hydroxyl groups is 1. The topological polar surface area (TPSA) is 69.6 Å². The summed E-state index contributed by atoms with van der Waals surface area (Å²) < 4.78 is 0. The maximum atomic E-state index is 12.5. The van der Waals surface area contributed by atoms with Crippen LogP contribution in [-0.4, -0.2) is 47.3 Å². The van der Waals surface area contributed by atoms with Gasteiger partial charge in [-0.05, 0) is 24.6 Å². The summed E-state index contributed by atoms with van der Waals surface area (Å²) in [5, 5.41) is 11.9. The lowest BCUT2D eigenvalue weighted by Gasteiger charge is -2.23. The van der Waals surface area contributed by atoms with Crippen molar-refractivity contribution in [2.75, 3.05) is 30.8 Å². The van der Waals surface area contributed by atoms with E-state index in [2.05, 4.69) is 12.2 Å². The Bertz CT molecular complexity index is 534. The Balaban J connectivity index is 2.17. The minimum absolute atomic E-state index is 0.0460. The molecule has 0 bridgehead atoms. The van der Waals surface area contributed by atoms with Gasteiger partial charge in [0.05, 0.1) is 18.0 Å². The molecule has 2 rings (SSSR count). The first kappa shape index (κ1) is 15.9. The number of amides is 2. The maximum absolute atomic E-state index is 12.5. The smallest absolute Gasteiger partial charge is 0.254 e. The SMILES string of the molecule is CCCCN(CCO)C(=O)c1ccc2c(c1)NC(=O)CS2. The fourth-order valence-corrected chi connectivity index (χ4v) is 2.97. The van der Waals surface area contributed by atoms with Gasteiger partial charge in [-0.25, -0.2) is 0 Å². The molecule has 0 unspecified atom stereocenters. The van der Waals surface area contributed by atoms with Crippen LogP contribution in [0.3, 0.4) is 0 Å². The summed E-state index contributed by atoms with van der Waals surface area (Å²) in [6.07, 6.45) is 1.90. The van der Waals surface area contributed by atoms with E-state index in [-0.39, 0.29) is 18.4 Å². The number of thioether (sulfide) groups is 1. The number of nitrogens with zero attached hydrogens (tertiary/aromatic N) is 1. The summed E-state index contributed by atoms with van der Waals surface area (Å²) in [6.45, 7) is 2.98. The minimum Gasteiger partial charge on any atom is -0.395 e. The number of anilines is 1. The lowest BCUT2D eigenvalue weighted by Crippen LogP contribution is -2.34. The number of hydrogen-bond donors (Lipinski definition) is 2. The molecule has 0 fully saturated rings. The van der Waals surface area contributed by atoms with Crippen LogP contribution in [-0.2, 0) is 4.79 Å². The molecule has 1 heterocycles. The molecule has 1 aliphatic heterocycles. The number of hydrogen-bond acceptors (Lipinski definition) is 4. The summed E-state index contributed by atoms with van der Waals surface area (Å²) in [6, 6.07) is 5.36. The molecule has 1 aromatic rings. The summed E-state index contributed by atoms with van der Waals surface area (Å²) in [5.41, 5.74) is 1.24. The number of nitrogens with one attached hydrogen (secondary N) is 1. The maximum Gasteiger partial charge on any atom is 0.254 e. The van der Waals surface area contributed by atoms with E-state index >= 15 is 0 Å². The quantitative estimate of drug-likeness (QED) is 0.843. The van der Waals surface area contributed by atoms with E-state index in [1.807, 2.05) is 6.07 Å². The third-order valence-electron chi connectivity index (χ3n) is 3.30. The Morgan fingerprint density at radius 1 is 1.43 bits per heavy atom. The molecule has 0 saturated carbocycles. The van der Waals surface area contributed by atoms with Crippen LogP contribution in [0, 0.1) is 0 Å². The van der Waals surface area contributed by atoms with Crippen molar-refractivity contribution in [2.45, 2.75) is 24.7 Å². The molecule has 0 aromatic heterocycles. The fraction of sp³-hybridized carbons (Fsp3) is 0.467. The Morgan fingerprint density at radius 3 is 2.95 bits per heavy atom. The normalized spacial score (nSPS) is 13.5. The number of carbonyl (C=O) groups is 2. The van der Waals surface area contributed by atoms with Gasteiger partial charge in [0, 0.05) is 23.5 Å². The Kier molecular flexibility index (Phi) is 5.64. The summed E-state index contributed by atoms with van der Waals surface area (Å²) in [7, 11) is 0. The molecule has 6 heteroatoms. The van der Waals surface area contributed by atoms with Crippen LogP contribution in [0.4, 0.5) is 5.69 Å². The molecule has 0 saturated heterocycles. The second-order valence-electron chi connectivity index (χ2n) is 4.92. The van der Waals surface area contributed by atoms with Gasteiger partial charge in [0.1, 0.15) is 0 Å². The van der Waals surface area contributed by atoms with Crippen molar-refractivity contribution in [2.24, 2.45) is 0 Å². The minimum atomic E-state index is -0.106. The fourth-order valence-electron chi connectivity index (χ4n) is 2.18. The average molecular weight is 308 g/mol. The standard InChI is InChI=1S/C15H20N2O3S/c1-2-3-6-17(7-8-18)15(20)11-4-5-13-12(9-11)16-14(19)10-21-13/h4-5,9,18H,2-3,6-8,10H2,1H3,(H,16,19). The van der Waals surface area contributed by atoms with E-state index in [4.69, 9.17) is 5.11 Å². The molecule has 1 aromatic carbocycles. The van der Waals surface area contributed by atoms with Crippen molar-refractivity contribution < 1.29 is 14.7 Å². The van der Waals surface area contributed by atoms with Gasteiger partial charge < -0.3 is 15.3 Å². The zero-order chi connectivity index (χ0) is 15.2. The number of rotatable bonds is 6. The zero-order valence-corrected chi connectivity index (χ0v) is 12.9. The lowest BCUT2D eigenvalue weighted by atomic mass is 10.1. The predicted molar refractivity (Wildman–Crippen MR) is 83.7 cm³/mol. The molecule has 0 aliphatic carbocycles. The molecule has 1 aliphatic rings. The van der Waals surface area contributed by atoms with Crippen LogP contribution in [0.15, 0.2) is 23.1 Å². The molecule has 114 valence electrons. The number of fused-ring (bicyclic) bond motifs is 1. The van der Waals surface area contributed by atoms with Crippen LogP contribution < -0.4 is 5.32 Å². The van der Waals surface area contributed by atoms with E-state index in [9.17, 15) is 9.59 Å². The second-order valence-corrected chi connectivity index (χ2v) is 5.93. The molecule has 0 spiro atoms. The molecule has 2 amide bonds. The van der Waals surface area contributed by atoms with E-state index in [1.165, 1.54) is 11.8 Å². The largest absolute Gasteiger partial charge is 0.395 e. The molecule has 0 radical (unpaired) electrons. The molecule has 2 N–H and O–H groups in total. The van der Waals surface area contributed by atoms with Crippen LogP contribution >= 0.6 is 11.8 Å². The van der Waals surface area contributed by atoms with Crippen molar-refractivity contribution in [3.8, 4) is 0 Å². The summed E-state index contributed by atoms with van der Waals surface area (Å²) >= 11 is 1.47. The predicted octanol–water partition coefficient (Wildman–Crippen LogP) is 1.97. The molecule has 21 heavy (non-hydrogen) atoms. The third-order valence-corrected chi connectivity index (χ3v) is 4.37. The van der Waals surface area contributed by atoms with Crippen molar-refractivity contribution in [1.29, 1.82) is 0 Å². The van der Waals surface area contributed by atoms with Crippen molar-refractivity contribution in [1.82, 2.24) is 4.90 Å². The van der Waals surface area contributed by atoms with Gasteiger partial charge in [-0.15, -0.1) is 11.8 Å². The molecular weight excluding hydrogens is 288 g/mol. The number of aliphatic hydroxyl groups excluding tert-OH is 1. The molecule has 5 nitrogen and oxygen atoms in total.